The van der Waals surface area contributed by atoms with E-state index in [2.05, 4.69) is 4.72 Å². The number of hydrogen-bond donors (Lipinski definition) is 2. The van der Waals surface area contributed by atoms with Crippen LogP contribution in [0.2, 0.25) is 0 Å². The monoisotopic (exact) mass is 371 g/mol. The number of rotatable bonds is 5. The van der Waals surface area contributed by atoms with Gasteiger partial charge in [-0.1, -0.05) is 6.42 Å². The van der Waals surface area contributed by atoms with Gasteiger partial charge in [0.25, 0.3) is 0 Å². The van der Waals surface area contributed by atoms with E-state index in [0.29, 0.717) is 17.7 Å². The predicted octanol–water partition coefficient (Wildman–Crippen LogP) is 2.77. The third-order valence-corrected chi connectivity index (χ3v) is 6.78. The molecule has 1 fully saturated rings. The Hall–Kier alpha value is -1.13. The summed E-state index contributed by atoms with van der Waals surface area (Å²) in [6, 6.07) is 1.91. The number of nitrogens with one attached hydrogen (secondary N) is 1. The lowest BCUT2D eigenvalue weighted by molar-refractivity contribution is -0.183. The summed E-state index contributed by atoms with van der Waals surface area (Å²) >= 11 is 0.810. The van der Waals surface area contributed by atoms with E-state index in [4.69, 9.17) is 5.11 Å². The van der Waals surface area contributed by atoms with Crippen molar-refractivity contribution in [2.45, 2.75) is 48.5 Å². The maximum absolute atomic E-state index is 12.8. The minimum atomic E-state index is -4.32. The number of alkyl halides is 3. The number of carbonyl (C=O) groups is 1. The van der Waals surface area contributed by atoms with Gasteiger partial charge in [0.05, 0.1) is 12.3 Å². The lowest BCUT2D eigenvalue weighted by Crippen LogP contribution is -2.41. The molecular formula is C13H16F3NO4S2. The van der Waals surface area contributed by atoms with E-state index in [1.165, 1.54) is 12.1 Å². The Kier molecular flexibility index (Phi) is 5.37. The zero-order chi connectivity index (χ0) is 17.3. The molecule has 0 amide bonds. The highest BCUT2D eigenvalue weighted by molar-refractivity contribution is 7.91. The van der Waals surface area contributed by atoms with Gasteiger partial charge in [0.1, 0.15) is 4.21 Å². The van der Waals surface area contributed by atoms with Crippen LogP contribution in [0.3, 0.4) is 0 Å². The average Bonchev–Trinajstić information content (AvgIpc) is 2.86. The van der Waals surface area contributed by atoms with Gasteiger partial charge in [-0.3, -0.25) is 4.79 Å². The molecule has 0 unspecified atom stereocenters. The summed E-state index contributed by atoms with van der Waals surface area (Å²) in [5.41, 5.74) is 0. The van der Waals surface area contributed by atoms with Crippen molar-refractivity contribution in [2.75, 3.05) is 0 Å². The maximum Gasteiger partial charge on any atom is 0.391 e. The van der Waals surface area contributed by atoms with Crippen LogP contribution < -0.4 is 4.72 Å². The molecule has 1 aliphatic rings. The van der Waals surface area contributed by atoms with Crippen molar-refractivity contribution in [3.8, 4) is 0 Å². The molecule has 0 bridgehead atoms. The first-order chi connectivity index (χ1) is 10.6. The van der Waals surface area contributed by atoms with Crippen molar-refractivity contribution in [2.24, 2.45) is 5.92 Å². The molecular weight excluding hydrogens is 355 g/mol. The van der Waals surface area contributed by atoms with E-state index < -0.39 is 34.1 Å². The lowest BCUT2D eigenvalue weighted by atomic mass is 9.86. The number of carboxylic acids is 1. The molecule has 0 spiro atoms. The van der Waals surface area contributed by atoms with Crippen LogP contribution in [0.15, 0.2) is 16.3 Å². The van der Waals surface area contributed by atoms with E-state index in [0.717, 1.165) is 11.3 Å². The Bertz CT molecular complexity index is 669. The molecule has 0 aromatic carbocycles. The van der Waals surface area contributed by atoms with Crippen LogP contribution in [0.25, 0.3) is 0 Å². The van der Waals surface area contributed by atoms with Gasteiger partial charge in [-0.2, -0.15) is 13.2 Å². The van der Waals surface area contributed by atoms with Crippen molar-refractivity contribution >= 4 is 27.3 Å². The maximum atomic E-state index is 12.8. The molecule has 2 N–H and O–H groups in total. The standard InChI is InChI=1S/C13H16F3NO4S2/c14-13(15,16)8-2-1-3-9(6-8)17-23(20,21)12-5-4-10(22-12)7-11(18)19/h4-5,8-9,17H,1-3,6-7H2,(H,18,19)/t8-,9-/m0/s1. The number of hydrogen-bond acceptors (Lipinski definition) is 4. The number of aliphatic carboxylic acids is 1. The fourth-order valence-electron chi connectivity index (χ4n) is 2.62. The average molecular weight is 371 g/mol. The molecule has 5 nitrogen and oxygen atoms in total. The molecule has 10 heteroatoms. The Morgan fingerprint density at radius 3 is 2.65 bits per heavy atom. The summed E-state index contributed by atoms with van der Waals surface area (Å²) in [6.45, 7) is 0. The quantitative estimate of drug-likeness (QED) is 0.834. The van der Waals surface area contributed by atoms with Gasteiger partial charge < -0.3 is 5.11 Å². The molecule has 1 saturated carbocycles. The van der Waals surface area contributed by atoms with Crippen LogP contribution in [0.5, 0.6) is 0 Å². The van der Waals surface area contributed by atoms with Gasteiger partial charge in [-0.25, -0.2) is 13.1 Å². The number of thiophene rings is 1. The number of carboxylic acid groups (broad SMARTS) is 1. The Morgan fingerprint density at radius 2 is 2.04 bits per heavy atom. The second-order valence-corrected chi connectivity index (χ2v) is 8.62. The Morgan fingerprint density at radius 1 is 1.35 bits per heavy atom. The van der Waals surface area contributed by atoms with Gasteiger partial charge in [0.2, 0.25) is 10.0 Å². The second-order valence-electron chi connectivity index (χ2n) is 5.51. The SMILES string of the molecule is O=C(O)Cc1ccc(S(=O)(=O)N[C@H]2CCC[C@H](C(F)(F)F)C2)s1. The highest BCUT2D eigenvalue weighted by Crippen LogP contribution is 2.38. The minimum absolute atomic E-state index is 0.0174. The summed E-state index contributed by atoms with van der Waals surface area (Å²) in [7, 11) is -3.94. The molecule has 1 aliphatic carbocycles. The first-order valence-electron chi connectivity index (χ1n) is 6.97. The Labute approximate surface area is 135 Å². The van der Waals surface area contributed by atoms with Gasteiger partial charge >= 0.3 is 12.1 Å². The minimum Gasteiger partial charge on any atom is -0.481 e. The summed E-state index contributed by atoms with van der Waals surface area (Å²) in [5.74, 6) is -2.57. The smallest absolute Gasteiger partial charge is 0.391 e. The first kappa shape index (κ1) is 18.2. The normalized spacial score (nSPS) is 22.9. The molecule has 2 rings (SSSR count). The van der Waals surface area contributed by atoms with Crippen molar-refractivity contribution < 1.29 is 31.5 Å². The van der Waals surface area contributed by atoms with Crippen molar-refractivity contribution in [1.29, 1.82) is 0 Å². The van der Waals surface area contributed by atoms with Gasteiger partial charge in [-0.15, -0.1) is 11.3 Å². The van der Waals surface area contributed by atoms with Crippen LogP contribution in [0.1, 0.15) is 30.6 Å². The van der Waals surface area contributed by atoms with Crippen LogP contribution in [0, 0.1) is 5.92 Å². The van der Waals surface area contributed by atoms with E-state index >= 15 is 0 Å². The predicted molar refractivity (Wildman–Crippen MR) is 77.8 cm³/mol. The zero-order valence-electron chi connectivity index (χ0n) is 12.0. The van der Waals surface area contributed by atoms with Crippen LogP contribution >= 0.6 is 11.3 Å². The summed E-state index contributed by atoms with van der Waals surface area (Å²) in [5, 5.41) is 8.68. The molecule has 0 saturated heterocycles. The highest BCUT2D eigenvalue weighted by Gasteiger charge is 2.42. The summed E-state index contributed by atoms with van der Waals surface area (Å²) in [6.07, 6.45) is -4.19. The van der Waals surface area contributed by atoms with Crippen molar-refractivity contribution in [3.05, 3.63) is 17.0 Å². The summed E-state index contributed by atoms with van der Waals surface area (Å²) in [4.78, 5) is 11.0. The zero-order valence-corrected chi connectivity index (χ0v) is 13.6. The first-order valence-corrected chi connectivity index (χ1v) is 9.27. The van der Waals surface area contributed by atoms with Crippen molar-refractivity contribution in [1.82, 2.24) is 4.72 Å². The summed E-state index contributed by atoms with van der Waals surface area (Å²) < 4.78 is 65.0. The highest BCUT2D eigenvalue weighted by atomic mass is 32.2. The third-order valence-electron chi connectivity index (χ3n) is 3.69. The number of halogens is 3. The fourth-order valence-corrected chi connectivity index (χ4v) is 5.27. The molecule has 0 radical (unpaired) electrons. The van der Waals surface area contributed by atoms with E-state index in [9.17, 15) is 26.4 Å². The largest absolute Gasteiger partial charge is 0.481 e. The lowest BCUT2D eigenvalue weighted by Gasteiger charge is -2.30. The van der Waals surface area contributed by atoms with Crippen LogP contribution in [-0.2, 0) is 21.2 Å². The van der Waals surface area contributed by atoms with Gasteiger partial charge in [-0.05, 0) is 31.4 Å². The molecule has 0 aliphatic heterocycles. The van der Waals surface area contributed by atoms with Gasteiger partial charge in [0, 0.05) is 10.9 Å². The molecule has 1 aromatic heterocycles. The molecule has 130 valence electrons. The third kappa shape index (κ3) is 4.92. The second kappa shape index (κ2) is 6.78. The molecule has 2 atom stereocenters. The van der Waals surface area contributed by atoms with E-state index in [-0.39, 0.29) is 23.5 Å². The Balaban J connectivity index is 2.06. The molecule has 23 heavy (non-hydrogen) atoms. The van der Waals surface area contributed by atoms with Gasteiger partial charge in [0.15, 0.2) is 0 Å². The molecule has 1 aromatic rings. The van der Waals surface area contributed by atoms with Crippen LogP contribution in [-0.4, -0.2) is 31.7 Å². The topological polar surface area (TPSA) is 83.5 Å². The van der Waals surface area contributed by atoms with Crippen molar-refractivity contribution in [3.63, 3.8) is 0 Å². The van der Waals surface area contributed by atoms with E-state index in [1.807, 2.05) is 0 Å². The van der Waals surface area contributed by atoms with E-state index in [1.54, 1.807) is 0 Å². The molecule has 1 heterocycles. The van der Waals surface area contributed by atoms with Crippen LogP contribution in [0.4, 0.5) is 13.2 Å². The fraction of sp³-hybridized carbons (Fsp3) is 0.615. The number of sulfonamides is 1.